The molecule has 2 heteroatoms. The van der Waals surface area contributed by atoms with Crippen molar-refractivity contribution in [3.05, 3.63) is 0 Å². The Morgan fingerprint density at radius 2 is 1.17 bits per heavy atom. The van der Waals surface area contributed by atoms with Crippen LogP contribution in [0.1, 0.15) is 84.0 Å². The highest BCUT2D eigenvalue weighted by Gasteiger charge is 1.93. The van der Waals surface area contributed by atoms with Crippen molar-refractivity contribution < 1.29 is 9.53 Å². The van der Waals surface area contributed by atoms with Gasteiger partial charge in [-0.25, -0.2) is 0 Å². The van der Waals surface area contributed by atoms with Gasteiger partial charge in [0, 0.05) is 6.61 Å². The van der Waals surface area contributed by atoms with Crippen molar-refractivity contribution in [2.24, 2.45) is 0 Å². The lowest BCUT2D eigenvalue weighted by Crippen LogP contribution is -1.97. The Hall–Kier alpha value is -0.370. The van der Waals surface area contributed by atoms with Crippen molar-refractivity contribution in [2.75, 3.05) is 13.2 Å². The standard InChI is InChI=1S/C16H32O2/c1-2-3-4-5-6-7-8-9-10-11-12-13-15-18-16-14-17/h14H,2-13,15-16H2,1H3. The molecule has 0 fully saturated rings. The molecule has 0 aliphatic carbocycles. The van der Waals surface area contributed by atoms with Crippen molar-refractivity contribution in [3.8, 4) is 0 Å². The van der Waals surface area contributed by atoms with E-state index in [0.29, 0.717) is 0 Å². The van der Waals surface area contributed by atoms with E-state index in [1.165, 1.54) is 70.6 Å². The lowest BCUT2D eigenvalue weighted by Gasteiger charge is -2.03. The first kappa shape index (κ1) is 17.6. The summed E-state index contributed by atoms with van der Waals surface area (Å²) in [5, 5.41) is 0. The highest BCUT2D eigenvalue weighted by Crippen LogP contribution is 2.11. The van der Waals surface area contributed by atoms with E-state index in [2.05, 4.69) is 6.92 Å². The Bertz CT molecular complexity index is 157. The van der Waals surface area contributed by atoms with E-state index in [9.17, 15) is 4.79 Å². The van der Waals surface area contributed by atoms with E-state index in [1.807, 2.05) is 0 Å². The van der Waals surface area contributed by atoms with Crippen molar-refractivity contribution in [1.82, 2.24) is 0 Å². The number of unbranched alkanes of at least 4 members (excludes halogenated alkanes) is 11. The fraction of sp³-hybridized carbons (Fsp3) is 0.938. The first-order chi connectivity index (χ1) is 8.91. The van der Waals surface area contributed by atoms with Crippen LogP contribution >= 0.6 is 0 Å². The Morgan fingerprint density at radius 1 is 0.722 bits per heavy atom. The fourth-order valence-corrected chi connectivity index (χ4v) is 2.18. The average Bonchev–Trinajstić information content (AvgIpc) is 2.39. The molecule has 0 aliphatic rings. The van der Waals surface area contributed by atoms with Crippen LogP contribution in [0.5, 0.6) is 0 Å². The first-order valence-electron chi connectivity index (χ1n) is 7.93. The summed E-state index contributed by atoms with van der Waals surface area (Å²) in [6.07, 6.45) is 17.1. The second kappa shape index (κ2) is 16.6. The molecule has 0 aromatic heterocycles. The number of aldehydes is 1. The zero-order valence-corrected chi connectivity index (χ0v) is 12.3. The van der Waals surface area contributed by atoms with Crippen LogP contribution in [0.15, 0.2) is 0 Å². The molecule has 0 unspecified atom stereocenters. The highest BCUT2D eigenvalue weighted by atomic mass is 16.5. The average molecular weight is 256 g/mol. The van der Waals surface area contributed by atoms with Gasteiger partial charge in [-0.2, -0.15) is 0 Å². The summed E-state index contributed by atoms with van der Waals surface area (Å²) in [5.74, 6) is 0. The second-order valence-electron chi connectivity index (χ2n) is 5.13. The van der Waals surface area contributed by atoms with Crippen molar-refractivity contribution in [1.29, 1.82) is 0 Å². The van der Waals surface area contributed by atoms with Crippen molar-refractivity contribution in [2.45, 2.75) is 84.0 Å². The third kappa shape index (κ3) is 15.6. The van der Waals surface area contributed by atoms with Crippen LogP contribution in [-0.2, 0) is 9.53 Å². The zero-order valence-electron chi connectivity index (χ0n) is 12.3. The molecule has 0 aromatic rings. The first-order valence-corrected chi connectivity index (χ1v) is 7.93. The number of carbonyl (C=O) groups is 1. The van der Waals surface area contributed by atoms with E-state index in [-0.39, 0.29) is 6.61 Å². The van der Waals surface area contributed by atoms with Crippen LogP contribution < -0.4 is 0 Å². The summed E-state index contributed by atoms with van der Waals surface area (Å²) in [6, 6.07) is 0. The van der Waals surface area contributed by atoms with Gasteiger partial charge in [0.15, 0.2) is 0 Å². The van der Waals surface area contributed by atoms with Gasteiger partial charge in [0.2, 0.25) is 0 Å². The molecule has 108 valence electrons. The third-order valence-corrected chi connectivity index (χ3v) is 3.33. The maximum atomic E-state index is 10.00. The van der Waals surface area contributed by atoms with Gasteiger partial charge in [-0.1, -0.05) is 77.6 Å². The summed E-state index contributed by atoms with van der Waals surface area (Å²) in [6.45, 7) is 3.28. The molecule has 0 amide bonds. The van der Waals surface area contributed by atoms with Crippen LogP contribution in [0.25, 0.3) is 0 Å². The molecule has 0 saturated carbocycles. The summed E-state index contributed by atoms with van der Waals surface area (Å²) in [7, 11) is 0. The number of rotatable bonds is 15. The largest absolute Gasteiger partial charge is 0.374 e. The maximum Gasteiger partial charge on any atom is 0.145 e. The molecule has 0 saturated heterocycles. The minimum Gasteiger partial charge on any atom is -0.374 e. The minimum atomic E-state index is 0.262. The van der Waals surface area contributed by atoms with Crippen LogP contribution in [0, 0.1) is 0 Å². The Balaban J connectivity index is 2.88. The predicted molar refractivity (Wildman–Crippen MR) is 78.0 cm³/mol. The van der Waals surface area contributed by atoms with E-state index in [1.54, 1.807) is 0 Å². The number of ether oxygens (including phenoxy) is 1. The van der Waals surface area contributed by atoms with Crippen LogP contribution in [0.3, 0.4) is 0 Å². The molecule has 0 heterocycles. The van der Waals surface area contributed by atoms with Gasteiger partial charge in [0.05, 0.1) is 0 Å². The molecule has 0 aliphatic heterocycles. The molecular weight excluding hydrogens is 224 g/mol. The quantitative estimate of drug-likeness (QED) is 0.307. The number of carbonyl (C=O) groups excluding carboxylic acids is 1. The number of hydrogen-bond acceptors (Lipinski definition) is 2. The molecule has 0 bridgehead atoms. The lowest BCUT2D eigenvalue weighted by atomic mass is 10.1. The Morgan fingerprint density at radius 3 is 1.61 bits per heavy atom. The molecule has 0 radical (unpaired) electrons. The monoisotopic (exact) mass is 256 g/mol. The van der Waals surface area contributed by atoms with Gasteiger partial charge in [0.25, 0.3) is 0 Å². The van der Waals surface area contributed by atoms with Gasteiger partial charge in [-0.05, 0) is 6.42 Å². The van der Waals surface area contributed by atoms with Crippen LogP contribution in [-0.4, -0.2) is 19.5 Å². The van der Waals surface area contributed by atoms with E-state index < -0.39 is 0 Å². The topological polar surface area (TPSA) is 26.3 Å². The van der Waals surface area contributed by atoms with Gasteiger partial charge in [-0.3, -0.25) is 0 Å². The zero-order chi connectivity index (χ0) is 13.3. The third-order valence-electron chi connectivity index (χ3n) is 3.33. The SMILES string of the molecule is CCCCCCCCCCCCCCOCC=O. The van der Waals surface area contributed by atoms with E-state index in [0.717, 1.165) is 19.3 Å². The van der Waals surface area contributed by atoms with Gasteiger partial charge < -0.3 is 9.53 Å². The highest BCUT2D eigenvalue weighted by molar-refractivity contribution is 5.50. The molecular formula is C16H32O2. The van der Waals surface area contributed by atoms with Gasteiger partial charge >= 0.3 is 0 Å². The fourth-order valence-electron chi connectivity index (χ4n) is 2.18. The Labute approximate surface area is 113 Å². The minimum absolute atomic E-state index is 0.262. The second-order valence-corrected chi connectivity index (χ2v) is 5.13. The molecule has 0 rings (SSSR count). The van der Waals surface area contributed by atoms with E-state index >= 15 is 0 Å². The van der Waals surface area contributed by atoms with Crippen LogP contribution in [0.4, 0.5) is 0 Å². The Kier molecular flexibility index (Phi) is 16.3. The predicted octanol–water partition coefficient (Wildman–Crippen LogP) is 4.90. The molecule has 0 N–H and O–H groups in total. The summed E-state index contributed by atoms with van der Waals surface area (Å²) in [5.41, 5.74) is 0. The number of hydrogen-bond donors (Lipinski definition) is 0. The summed E-state index contributed by atoms with van der Waals surface area (Å²) in [4.78, 5) is 10.00. The molecule has 0 spiro atoms. The normalized spacial score (nSPS) is 10.7. The summed E-state index contributed by atoms with van der Waals surface area (Å²) < 4.78 is 5.11. The van der Waals surface area contributed by atoms with Gasteiger partial charge in [0.1, 0.15) is 12.9 Å². The molecule has 0 aromatic carbocycles. The maximum absolute atomic E-state index is 10.00. The van der Waals surface area contributed by atoms with Crippen molar-refractivity contribution in [3.63, 3.8) is 0 Å². The molecule has 18 heavy (non-hydrogen) atoms. The summed E-state index contributed by atoms with van der Waals surface area (Å²) >= 11 is 0. The lowest BCUT2D eigenvalue weighted by molar-refractivity contribution is -0.111. The van der Waals surface area contributed by atoms with Gasteiger partial charge in [-0.15, -0.1) is 0 Å². The molecule has 0 atom stereocenters. The van der Waals surface area contributed by atoms with Crippen molar-refractivity contribution >= 4 is 6.29 Å². The van der Waals surface area contributed by atoms with E-state index in [4.69, 9.17) is 4.74 Å². The smallest absolute Gasteiger partial charge is 0.145 e. The van der Waals surface area contributed by atoms with Crippen LogP contribution in [0.2, 0.25) is 0 Å². The molecule has 2 nitrogen and oxygen atoms in total.